The van der Waals surface area contributed by atoms with Crippen molar-refractivity contribution in [2.75, 3.05) is 0 Å². The molecule has 0 fully saturated rings. The number of benzene rings is 1. The van der Waals surface area contributed by atoms with Crippen molar-refractivity contribution in [2.24, 2.45) is 0 Å². The fourth-order valence-corrected chi connectivity index (χ4v) is 3.22. The summed E-state index contributed by atoms with van der Waals surface area (Å²) < 4.78 is 1.35. The summed E-state index contributed by atoms with van der Waals surface area (Å²) in [5.74, 6) is 0. The molecule has 0 bridgehead atoms. The second-order valence-electron chi connectivity index (χ2n) is 8.63. The molecule has 0 unspecified atom stereocenters. The van der Waals surface area contributed by atoms with Crippen LogP contribution in [0.25, 0.3) is 0 Å². The highest BCUT2D eigenvalue weighted by molar-refractivity contribution is 14.1. The van der Waals surface area contributed by atoms with Crippen molar-refractivity contribution >= 4 is 22.6 Å². The van der Waals surface area contributed by atoms with Crippen LogP contribution >= 0.6 is 22.6 Å². The lowest BCUT2D eigenvalue weighted by Crippen LogP contribution is -2.28. The van der Waals surface area contributed by atoms with Gasteiger partial charge in [-0.2, -0.15) is 0 Å². The molecule has 108 valence electrons. The van der Waals surface area contributed by atoms with E-state index in [2.05, 4.69) is 97.0 Å². The molecule has 1 aromatic carbocycles. The molecule has 0 aliphatic heterocycles. The number of hydrogen-bond acceptors (Lipinski definition) is 0. The number of rotatable bonds is 0. The predicted octanol–water partition coefficient (Wildman–Crippen LogP) is 6.18. The summed E-state index contributed by atoms with van der Waals surface area (Å²) in [6.45, 7) is 20.9. The number of halogens is 1. The maximum atomic E-state index is 2.46. The molecule has 0 aliphatic rings. The second-order valence-corrected chi connectivity index (χ2v) is 9.87. The Morgan fingerprint density at radius 2 is 0.947 bits per heavy atom. The third-order valence-electron chi connectivity index (χ3n) is 3.47. The first-order valence-corrected chi connectivity index (χ1v) is 8.17. The molecule has 19 heavy (non-hydrogen) atoms. The van der Waals surface area contributed by atoms with Crippen LogP contribution in [-0.4, -0.2) is 0 Å². The van der Waals surface area contributed by atoms with Gasteiger partial charge in [-0.3, -0.25) is 0 Å². The van der Waals surface area contributed by atoms with Gasteiger partial charge >= 0.3 is 0 Å². The molecule has 0 saturated carbocycles. The Labute approximate surface area is 133 Å². The fourth-order valence-electron chi connectivity index (χ4n) is 2.60. The van der Waals surface area contributed by atoms with Gasteiger partial charge in [-0.1, -0.05) is 62.3 Å². The SMILES string of the molecule is CC(C)(C)c1cc(I)cc(C(C)(C)C)c1C(C)(C)C. The Balaban J connectivity index is 3.80. The Kier molecular flexibility index (Phi) is 4.52. The van der Waals surface area contributed by atoms with Crippen molar-refractivity contribution in [1.82, 2.24) is 0 Å². The van der Waals surface area contributed by atoms with Gasteiger partial charge < -0.3 is 0 Å². The molecule has 0 aromatic heterocycles. The van der Waals surface area contributed by atoms with Crippen LogP contribution in [0.5, 0.6) is 0 Å². The summed E-state index contributed by atoms with van der Waals surface area (Å²) in [5, 5.41) is 0. The van der Waals surface area contributed by atoms with Gasteiger partial charge in [0, 0.05) is 3.57 Å². The van der Waals surface area contributed by atoms with E-state index in [1.807, 2.05) is 0 Å². The molecular formula is C18H29I. The zero-order valence-corrected chi connectivity index (χ0v) is 16.2. The van der Waals surface area contributed by atoms with E-state index >= 15 is 0 Å². The molecule has 0 radical (unpaired) electrons. The largest absolute Gasteiger partial charge is 0.0561 e. The quantitative estimate of drug-likeness (QED) is 0.477. The van der Waals surface area contributed by atoms with E-state index in [0.717, 1.165) is 0 Å². The van der Waals surface area contributed by atoms with Gasteiger partial charge in [-0.15, -0.1) is 0 Å². The second kappa shape index (κ2) is 5.05. The topological polar surface area (TPSA) is 0 Å². The minimum Gasteiger partial charge on any atom is -0.0561 e. The van der Waals surface area contributed by atoms with E-state index in [9.17, 15) is 0 Å². The fraction of sp³-hybridized carbons (Fsp3) is 0.667. The van der Waals surface area contributed by atoms with E-state index < -0.39 is 0 Å². The highest BCUT2D eigenvalue weighted by Crippen LogP contribution is 2.41. The first-order valence-electron chi connectivity index (χ1n) is 7.09. The van der Waals surface area contributed by atoms with Gasteiger partial charge in [0.15, 0.2) is 0 Å². The van der Waals surface area contributed by atoms with Crippen LogP contribution in [0.3, 0.4) is 0 Å². The first kappa shape index (κ1) is 17.0. The van der Waals surface area contributed by atoms with Crippen molar-refractivity contribution in [3.63, 3.8) is 0 Å². The van der Waals surface area contributed by atoms with Crippen LogP contribution < -0.4 is 0 Å². The van der Waals surface area contributed by atoms with Crippen LogP contribution in [-0.2, 0) is 16.2 Å². The molecule has 1 rings (SSSR count). The van der Waals surface area contributed by atoms with Crippen LogP contribution in [0.4, 0.5) is 0 Å². The minimum absolute atomic E-state index is 0.176. The Bertz CT molecular complexity index is 427. The molecule has 1 heteroatoms. The molecule has 0 heterocycles. The molecule has 0 amide bonds. The van der Waals surface area contributed by atoms with E-state index in [-0.39, 0.29) is 16.2 Å². The molecule has 0 spiro atoms. The monoisotopic (exact) mass is 372 g/mol. The first-order chi connectivity index (χ1) is 8.24. The zero-order chi connectivity index (χ0) is 15.2. The lowest BCUT2D eigenvalue weighted by atomic mass is 9.69. The third-order valence-corrected chi connectivity index (χ3v) is 4.09. The molecule has 0 saturated heterocycles. The molecular weight excluding hydrogens is 343 g/mol. The smallest absolute Gasteiger partial charge is 0.0136 e. The third kappa shape index (κ3) is 3.96. The molecule has 0 aliphatic carbocycles. The van der Waals surface area contributed by atoms with Crippen molar-refractivity contribution in [1.29, 1.82) is 0 Å². The standard InChI is InChI=1S/C18H29I/c1-16(2,3)13-10-12(19)11-14(17(4,5)6)15(13)18(7,8)9/h10-11H,1-9H3. The van der Waals surface area contributed by atoms with Gasteiger partial charge in [-0.25, -0.2) is 0 Å². The van der Waals surface area contributed by atoms with E-state index in [1.165, 1.54) is 20.3 Å². The molecule has 1 aromatic rings. The average Bonchev–Trinajstić information content (AvgIpc) is 2.11. The van der Waals surface area contributed by atoms with E-state index in [4.69, 9.17) is 0 Å². The van der Waals surface area contributed by atoms with Crippen LogP contribution in [0, 0.1) is 3.57 Å². The van der Waals surface area contributed by atoms with Crippen LogP contribution in [0.15, 0.2) is 12.1 Å². The van der Waals surface area contributed by atoms with E-state index in [0.29, 0.717) is 0 Å². The van der Waals surface area contributed by atoms with Crippen molar-refractivity contribution in [3.05, 3.63) is 32.4 Å². The Morgan fingerprint density at radius 3 is 1.16 bits per heavy atom. The Hall–Kier alpha value is -0.0500. The molecule has 0 atom stereocenters. The van der Waals surface area contributed by atoms with Crippen molar-refractivity contribution in [2.45, 2.75) is 78.6 Å². The lowest BCUT2D eigenvalue weighted by molar-refractivity contribution is 0.497. The highest BCUT2D eigenvalue weighted by Gasteiger charge is 2.31. The van der Waals surface area contributed by atoms with Crippen LogP contribution in [0.1, 0.15) is 79.0 Å². The van der Waals surface area contributed by atoms with Gasteiger partial charge in [-0.05, 0) is 67.7 Å². The maximum Gasteiger partial charge on any atom is 0.0136 e. The summed E-state index contributed by atoms with van der Waals surface area (Å²) >= 11 is 2.46. The lowest BCUT2D eigenvalue weighted by Gasteiger charge is -2.36. The summed E-state index contributed by atoms with van der Waals surface area (Å²) in [4.78, 5) is 0. The maximum absolute atomic E-state index is 2.46. The highest BCUT2D eigenvalue weighted by atomic mass is 127. The summed E-state index contributed by atoms with van der Waals surface area (Å²) in [6, 6.07) is 4.74. The normalized spacial score (nSPS) is 13.8. The summed E-state index contributed by atoms with van der Waals surface area (Å²) in [7, 11) is 0. The minimum atomic E-state index is 0.176. The average molecular weight is 372 g/mol. The van der Waals surface area contributed by atoms with Gasteiger partial charge in [0.2, 0.25) is 0 Å². The predicted molar refractivity (Wildman–Crippen MR) is 95.3 cm³/mol. The van der Waals surface area contributed by atoms with Gasteiger partial charge in [0.25, 0.3) is 0 Å². The van der Waals surface area contributed by atoms with Gasteiger partial charge in [0.1, 0.15) is 0 Å². The summed E-state index contributed by atoms with van der Waals surface area (Å²) in [5.41, 5.74) is 5.07. The molecule has 0 N–H and O–H groups in total. The Morgan fingerprint density at radius 1 is 0.632 bits per heavy atom. The van der Waals surface area contributed by atoms with Gasteiger partial charge in [0.05, 0.1) is 0 Å². The van der Waals surface area contributed by atoms with E-state index in [1.54, 1.807) is 0 Å². The zero-order valence-electron chi connectivity index (χ0n) is 14.0. The molecule has 0 nitrogen and oxygen atoms in total. The number of hydrogen-bond donors (Lipinski definition) is 0. The van der Waals surface area contributed by atoms with Crippen LogP contribution in [0.2, 0.25) is 0 Å². The summed E-state index contributed by atoms with van der Waals surface area (Å²) in [6.07, 6.45) is 0. The van der Waals surface area contributed by atoms with Crippen molar-refractivity contribution < 1.29 is 0 Å². The van der Waals surface area contributed by atoms with Crippen molar-refractivity contribution in [3.8, 4) is 0 Å².